The van der Waals surface area contributed by atoms with Crippen molar-refractivity contribution in [1.29, 1.82) is 0 Å². The summed E-state index contributed by atoms with van der Waals surface area (Å²) in [6.45, 7) is 9.05. The Morgan fingerprint density at radius 3 is 2.71 bits per heavy atom. The number of carbonyl (C=O) groups is 1. The Balaban J connectivity index is 2.45. The molecule has 1 N–H and O–H groups in total. The van der Waals surface area contributed by atoms with E-state index in [2.05, 4.69) is 30.4 Å². The fourth-order valence-electron chi connectivity index (χ4n) is 1.73. The van der Waals surface area contributed by atoms with E-state index in [-0.39, 0.29) is 5.57 Å². The van der Waals surface area contributed by atoms with Crippen molar-refractivity contribution in [3.63, 3.8) is 0 Å². The van der Waals surface area contributed by atoms with Crippen molar-refractivity contribution in [2.75, 3.05) is 33.2 Å². The van der Waals surface area contributed by atoms with Gasteiger partial charge in [-0.15, -0.1) is 0 Å². The summed E-state index contributed by atoms with van der Waals surface area (Å²) in [5, 5.41) is 8.71. The lowest BCUT2D eigenvalue weighted by Gasteiger charge is -2.38. The predicted octanol–water partition coefficient (Wildman–Crippen LogP) is 0.263. The number of rotatable bonds is 3. The topological polar surface area (TPSA) is 43.8 Å². The number of piperazine rings is 1. The highest BCUT2D eigenvalue weighted by molar-refractivity contribution is 5.86. The van der Waals surface area contributed by atoms with Crippen molar-refractivity contribution in [3.05, 3.63) is 12.2 Å². The lowest BCUT2D eigenvalue weighted by Crippen LogP contribution is -2.51. The summed E-state index contributed by atoms with van der Waals surface area (Å²) < 4.78 is 0. The molecule has 1 unspecified atom stereocenters. The molecule has 0 spiro atoms. The van der Waals surface area contributed by atoms with Gasteiger partial charge >= 0.3 is 5.97 Å². The Labute approximate surface area is 84.8 Å². The van der Waals surface area contributed by atoms with Gasteiger partial charge in [-0.3, -0.25) is 4.90 Å². The van der Waals surface area contributed by atoms with Gasteiger partial charge in [-0.25, -0.2) is 4.79 Å². The standard InChI is InChI=1S/C10H18N2O2/c1-8(10(13)14)6-12-5-4-11(3)7-9(12)2/h9H,1,4-7H2,2-3H3,(H,13,14). The molecule has 0 bridgehead atoms. The highest BCUT2D eigenvalue weighted by Gasteiger charge is 2.22. The zero-order chi connectivity index (χ0) is 10.7. The quantitative estimate of drug-likeness (QED) is 0.661. The molecule has 0 aromatic rings. The van der Waals surface area contributed by atoms with Gasteiger partial charge in [0.05, 0.1) is 0 Å². The maximum Gasteiger partial charge on any atom is 0.332 e. The Kier molecular flexibility index (Phi) is 3.66. The van der Waals surface area contributed by atoms with Gasteiger partial charge in [0, 0.05) is 37.8 Å². The SMILES string of the molecule is C=C(CN1CCN(C)CC1C)C(=O)O. The fraction of sp³-hybridized carbons (Fsp3) is 0.700. The zero-order valence-corrected chi connectivity index (χ0v) is 8.86. The summed E-state index contributed by atoms with van der Waals surface area (Å²) in [5.41, 5.74) is 0.279. The van der Waals surface area contributed by atoms with Crippen LogP contribution in [-0.2, 0) is 4.79 Å². The highest BCUT2D eigenvalue weighted by atomic mass is 16.4. The summed E-state index contributed by atoms with van der Waals surface area (Å²) in [6, 6.07) is 0.407. The molecular weight excluding hydrogens is 180 g/mol. The van der Waals surface area contributed by atoms with Gasteiger partial charge in [-0.2, -0.15) is 0 Å². The van der Waals surface area contributed by atoms with Crippen LogP contribution in [0.1, 0.15) is 6.92 Å². The van der Waals surface area contributed by atoms with Crippen LogP contribution in [-0.4, -0.2) is 60.1 Å². The molecule has 1 rings (SSSR count). The number of nitrogens with zero attached hydrogens (tertiary/aromatic N) is 2. The van der Waals surface area contributed by atoms with Crippen LogP contribution in [0.15, 0.2) is 12.2 Å². The number of likely N-dealkylation sites (N-methyl/N-ethyl adjacent to an activating group) is 1. The predicted molar refractivity (Wildman–Crippen MR) is 55.3 cm³/mol. The third kappa shape index (κ3) is 2.82. The Morgan fingerprint density at radius 1 is 1.57 bits per heavy atom. The summed E-state index contributed by atoms with van der Waals surface area (Å²) in [6.07, 6.45) is 0. The second-order valence-electron chi connectivity index (χ2n) is 3.99. The Bertz CT molecular complexity index is 240. The van der Waals surface area contributed by atoms with E-state index in [1.54, 1.807) is 0 Å². The first kappa shape index (κ1) is 11.2. The van der Waals surface area contributed by atoms with Crippen LogP contribution < -0.4 is 0 Å². The summed E-state index contributed by atoms with van der Waals surface area (Å²) in [5.74, 6) is -0.892. The molecule has 1 aliphatic rings. The number of hydrogen-bond acceptors (Lipinski definition) is 3. The number of carboxylic acids is 1. The van der Waals surface area contributed by atoms with Crippen LogP contribution in [0, 0.1) is 0 Å². The lowest BCUT2D eigenvalue weighted by molar-refractivity contribution is -0.133. The van der Waals surface area contributed by atoms with Crippen LogP contribution in [0.4, 0.5) is 0 Å². The zero-order valence-electron chi connectivity index (χ0n) is 8.86. The smallest absolute Gasteiger partial charge is 0.332 e. The number of aliphatic carboxylic acids is 1. The van der Waals surface area contributed by atoms with Gasteiger partial charge in [0.2, 0.25) is 0 Å². The largest absolute Gasteiger partial charge is 0.478 e. The highest BCUT2D eigenvalue weighted by Crippen LogP contribution is 2.09. The molecule has 80 valence electrons. The van der Waals surface area contributed by atoms with Gasteiger partial charge in [0.15, 0.2) is 0 Å². The van der Waals surface area contributed by atoms with Crippen LogP contribution >= 0.6 is 0 Å². The van der Waals surface area contributed by atoms with Crippen LogP contribution in [0.3, 0.4) is 0 Å². The normalized spacial score (nSPS) is 24.9. The average molecular weight is 198 g/mol. The average Bonchev–Trinajstić information content (AvgIpc) is 2.09. The summed E-state index contributed by atoms with van der Waals surface area (Å²) in [4.78, 5) is 15.0. The van der Waals surface area contributed by atoms with E-state index in [4.69, 9.17) is 5.11 Å². The molecule has 0 aromatic carbocycles. The van der Waals surface area contributed by atoms with Crippen molar-refractivity contribution in [1.82, 2.24) is 9.80 Å². The molecule has 0 radical (unpaired) electrons. The molecule has 0 saturated carbocycles. The molecule has 1 atom stereocenters. The van der Waals surface area contributed by atoms with Gasteiger partial charge in [-0.1, -0.05) is 6.58 Å². The molecule has 14 heavy (non-hydrogen) atoms. The fourth-order valence-corrected chi connectivity index (χ4v) is 1.73. The first-order valence-corrected chi connectivity index (χ1v) is 4.84. The molecule has 4 nitrogen and oxygen atoms in total. The van der Waals surface area contributed by atoms with Crippen LogP contribution in [0.5, 0.6) is 0 Å². The molecular formula is C10H18N2O2. The Morgan fingerprint density at radius 2 is 2.21 bits per heavy atom. The third-order valence-corrected chi connectivity index (χ3v) is 2.66. The Hall–Kier alpha value is -0.870. The monoisotopic (exact) mass is 198 g/mol. The second-order valence-corrected chi connectivity index (χ2v) is 3.99. The summed E-state index contributed by atoms with van der Waals surface area (Å²) in [7, 11) is 2.08. The molecule has 1 saturated heterocycles. The molecule has 1 fully saturated rings. The van der Waals surface area contributed by atoms with Crippen molar-refractivity contribution in [2.24, 2.45) is 0 Å². The number of carboxylic acid groups (broad SMARTS) is 1. The molecule has 4 heteroatoms. The van der Waals surface area contributed by atoms with Crippen molar-refractivity contribution in [3.8, 4) is 0 Å². The van der Waals surface area contributed by atoms with Crippen molar-refractivity contribution >= 4 is 5.97 Å². The second kappa shape index (κ2) is 4.57. The minimum atomic E-state index is -0.892. The number of hydrogen-bond donors (Lipinski definition) is 1. The molecule has 0 aromatic heterocycles. The first-order chi connectivity index (χ1) is 6.50. The van der Waals surface area contributed by atoms with E-state index in [1.807, 2.05) is 0 Å². The van der Waals surface area contributed by atoms with E-state index in [0.29, 0.717) is 12.6 Å². The first-order valence-electron chi connectivity index (χ1n) is 4.84. The maximum atomic E-state index is 10.6. The molecule has 1 aliphatic heterocycles. The van der Waals surface area contributed by atoms with Crippen molar-refractivity contribution < 1.29 is 9.90 Å². The van der Waals surface area contributed by atoms with Gasteiger partial charge in [0.1, 0.15) is 0 Å². The van der Waals surface area contributed by atoms with Crippen LogP contribution in [0.2, 0.25) is 0 Å². The van der Waals surface area contributed by atoms with E-state index in [0.717, 1.165) is 19.6 Å². The van der Waals surface area contributed by atoms with Gasteiger partial charge in [0.25, 0.3) is 0 Å². The molecule has 0 amide bonds. The van der Waals surface area contributed by atoms with E-state index in [9.17, 15) is 4.79 Å². The van der Waals surface area contributed by atoms with Crippen molar-refractivity contribution in [2.45, 2.75) is 13.0 Å². The van der Waals surface area contributed by atoms with E-state index >= 15 is 0 Å². The molecule has 0 aliphatic carbocycles. The lowest BCUT2D eigenvalue weighted by atomic mass is 10.1. The third-order valence-electron chi connectivity index (χ3n) is 2.66. The minimum Gasteiger partial charge on any atom is -0.478 e. The van der Waals surface area contributed by atoms with Gasteiger partial charge in [-0.05, 0) is 14.0 Å². The van der Waals surface area contributed by atoms with E-state index < -0.39 is 5.97 Å². The minimum absolute atomic E-state index is 0.279. The maximum absolute atomic E-state index is 10.6. The van der Waals surface area contributed by atoms with E-state index in [1.165, 1.54) is 0 Å². The van der Waals surface area contributed by atoms with Gasteiger partial charge < -0.3 is 10.0 Å². The summed E-state index contributed by atoms with van der Waals surface area (Å²) >= 11 is 0. The van der Waals surface area contributed by atoms with Crippen LogP contribution in [0.25, 0.3) is 0 Å². The molecule has 1 heterocycles.